The molecule has 2 atom stereocenters. The minimum atomic E-state index is -0.955. The summed E-state index contributed by atoms with van der Waals surface area (Å²) in [5.41, 5.74) is -0.761. The maximum atomic E-state index is 16.6. The number of hydrogen-bond acceptors (Lipinski definition) is 9. The van der Waals surface area contributed by atoms with E-state index in [4.69, 9.17) is 21.1 Å². The summed E-state index contributed by atoms with van der Waals surface area (Å²) in [5.74, 6) is -1.68. The van der Waals surface area contributed by atoms with Gasteiger partial charge >= 0.3 is 6.01 Å². The van der Waals surface area contributed by atoms with Gasteiger partial charge in [-0.25, -0.2) is 18.2 Å². The van der Waals surface area contributed by atoms with Gasteiger partial charge in [0.15, 0.2) is 5.82 Å². The van der Waals surface area contributed by atoms with Crippen LogP contribution in [0.25, 0.3) is 32.9 Å². The van der Waals surface area contributed by atoms with E-state index in [1.54, 1.807) is 13.8 Å². The van der Waals surface area contributed by atoms with Crippen LogP contribution in [0.1, 0.15) is 33.1 Å². The van der Waals surface area contributed by atoms with E-state index in [1.165, 1.54) is 18.2 Å². The number of hydrogen-bond donors (Lipinski definition) is 3. The van der Waals surface area contributed by atoms with Crippen molar-refractivity contribution < 1.29 is 32.9 Å². The van der Waals surface area contributed by atoms with E-state index in [0.29, 0.717) is 18.4 Å². The minimum Gasteiger partial charge on any atom is -0.508 e. The SMILES string of the molecule is CC(C)Oc1nc(-c2cc(O)cc3cc(F)c(Cl)cc23)c(F)c2nc(OC[C@@]34CCCN3C[C@H](F)C4)nc(NCCO)c12. The maximum Gasteiger partial charge on any atom is 0.319 e. The number of alkyl halides is 1. The zero-order chi connectivity index (χ0) is 30.5. The second-order valence-electron chi connectivity index (χ2n) is 11.3. The summed E-state index contributed by atoms with van der Waals surface area (Å²) in [6.07, 6.45) is 0.675. The Labute approximate surface area is 250 Å². The number of aromatic hydroxyl groups is 1. The Bertz CT molecular complexity index is 1710. The molecule has 2 aromatic heterocycles. The number of benzene rings is 2. The van der Waals surface area contributed by atoms with E-state index < -0.39 is 23.3 Å². The van der Waals surface area contributed by atoms with E-state index >= 15 is 4.39 Å². The molecule has 2 aliphatic rings. The number of aliphatic hydroxyl groups is 1. The number of pyridine rings is 1. The number of phenols is 1. The van der Waals surface area contributed by atoms with Crippen LogP contribution in [-0.4, -0.2) is 80.7 Å². The van der Waals surface area contributed by atoms with Gasteiger partial charge < -0.3 is 25.0 Å². The quantitative estimate of drug-likeness (QED) is 0.220. The molecule has 0 saturated carbocycles. The number of halogens is 4. The third-order valence-corrected chi connectivity index (χ3v) is 8.24. The van der Waals surface area contributed by atoms with E-state index in [9.17, 15) is 19.0 Å². The molecule has 4 aromatic rings. The molecule has 2 saturated heterocycles. The molecule has 0 unspecified atom stereocenters. The Kier molecular flexibility index (Phi) is 7.86. The molecule has 2 fully saturated rings. The predicted octanol–water partition coefficient (Wildman–Crippen LogP) is 5.63. The summed E-state index contributed by atoms with van der Waals surface area (Å²) >= 11 is 6.08. The van der Waals surface area contributed by atoms with Gasteiger partial charge in [0.1, 0.15) is 46.8 Å². The number of aromatic nitrogens is 3. The van der Waals surface area contributed by atoms with Crippen LogP contribution in [0.5, 0.6) is 17.6 Å². The summed E-state index contributed by atoms with van der Waals surface area (Å²) in [6, 6.07) is 4.98. The van der Waals surface area contributed by atoms with Crippen molar-refractivity contribution in [2.75, 3.05) is 38.2 Å². The van der Waals surface area contributed by atoms with Gasteiger partial charge in [0, 0.05) is 25.1 Å². The van der Waals surface area contributed by atoms with Crippen LogP contribution in [-0.2, 0) is 0 Å². The van der Waals surface area contributed by atoms with Gasteiger partial charge in [0.05, 0.1) is 23.3 Å². The van der Waals surface area contributed by atoms with E-state index in [1.807, 2.05) is 0 Å². The van der Waals surface area contributed by atoms with Crippen molar-refractivity contribution in [3.8, 4) is 28.9 Å². The molecular formula is C30H31ClF3N5O4. The first kappa shape index (κ1) is 29.5. The van der Waals surface area contributed by atoms with Crippen LogP contribution in [0.2, 0.25) is 5.02 Å². The first-order valence-corrected chi connectivity index (χ1v) is 14.5. The normalized spacial score (nSPS) is 20.3. The number of aliphatic hydroxyl groups excluding tert-OH is 1. The number of rotatable bonds is 9. The molecule has 13 heteroatoms. The number of ether oxygens (including phenoxy) is 2. The standard InChI is InChI=1S/C30H31ClF3N5O4/c1-15(2)43-28-23-26(24(34)25(36-28)20-10-18(41)8-16-9-22(33)21(31)11-19(16)20)37-29(38-27(23)35-5-7-40)42-14-30-4-3-6-39(30)13-17(32)12-30/h8-11,15,17,40-41H,3-7,12-14H2,1-2H3,(H,35,37,38)/t17-,30+/m1/s1. The number of phenolic OH excluding ortho intramolecular Hbond substituents is 1. The van der Waals surface area contributed by atoms with Crippen molar-refractivity contribution in [1.82, 2.24) is 19.9 Å². The summed E-state index contributed by atoms with van der Waals surface area (Å²) in [5, 5.41) is 23.5. The van der Waals surface area contributed by atoms with Crippen molar-refractivity contribution in [2.24, 2.45) is 0 Å². The van der Waals surface area contributed by atoms with Crippen molar-refractivity contribution in [1.29, 1.82) is 0 Å². The zero-order valence-corrected chi connectivity index (χ0v) is 24.4. The zero-order valence-electron chi connectivity index (χ0n) is 23.6. The monoisotopic (exact) mass is 617 g/mol. The van der Waals surface area contributed by atoms with Crippen LogP contribution in [0.4, 0.5) is 19.0 Å². The third kappa shape index (κ3) is 5.47. The molecule has 0 aliphatic carbocycles. The smallest absolute Gasteiger partial charge is 0.319 e. The second-order valence-corrected chi connectivity index (χ2v) is 11.7. The van der Waals surface area contributed by atoms with Gasteiger partial charge in [-0.15, -0.1) is 0 Å². The average Bonchev–Trinajstić information content (AvgIpc) is 3.48. The fraction of sp³-hybridized carbons (Fsp3) is 0.433. The highest BCUT2D eigenvalue weighted by molar-refractivity contribution is 6.31. The molecule has 0 radical (unpaired) electrons. The van der Waals surface area contributed by atoms with Gasteiger partial charge in [0.25, 0.3) is 0 Å². The van der Waals surface area contributed by atoms with E-state index in [-0.39, 0.29) is 81.9 Å². The molecular weight excluding hydrogens is 587 g/mol. The Morgan fingerprint density at radius 2 is 2.00 bits per heavy atom. The predicted molar refractivity (Wildman–Crippen MR) is 157 cm³/mol. The van der Waals surface area contributed by atoms with Crippen molar-refractivity contribution in [2.45, 2.75) is 50.9 Å². The first-order chi connectivity index (χ1) is 20.6. The van der Waals surface area contributed by atoms with Crippen LogP contribution in [0.3, 0.4) is 0 Å². The maximum absolute atomic E-state index is 16.6. The molecule has 0 amide bonds. The molecule has 4 heterocycles. The average molecular weight is 618 g/mol. The molecule has 43 heavy (non-hydrogen) atoms. The van der Waals surface area contributed by atoms with Gasteiger partial charge in [0.2, 0.25) is 5.88 Å². The molecule has 228 valence electrons. The summed E-state index contributed by atoms with van der Waals surface area (Å²) in [4.78, 5) is 15.5. The lowest BCUT2D eigenvalue weighted by atomic mass is 9.95. The third-order valence-electron chi connectivity index (χ3n) is 7.95. The van der Waals surface area contributed by atoms with Crippen LogP contribution in [0, 0.1) is 11.6 Å². The molecule has 0 bridgehead atoms. The van der Waals surface area contributed by atoms with Crippen molar-refractivity contribution in [3.63, 3.8) is 0 Å². The molecule has 9 nitrogen and oxygen atoms in total. The molecule has 0 spiro atoms. The molecule has 6 rings (SSSR count). The minimum absolute atomic E-state index is 0.00489. The van der Waals surface area contributed by atoms with Gasteiger partial charge in [-0.1, -0.05) is 11.6 Å². The fourth-order valence-corrected chi connectivity index (χ4v) is 6.32. The highest BCUT2D eigenvalue weighted by atomic mass is 35.5. The highest BCUT2D eigenvalue weighted by Crippen LogP contribution is 2.43. The lowest BCUT2D eigenvalue weighted by Crippen LogP contribution is -2.43. The number of nitrogens with zero attached hydrogens (tertiary/aromatic N) is 4. The largest absolute Gasteiger partial charge is 0.508 e. The van der Waals surface area contributed by atoms with E-state index in [2.05, 4.69) is 25.2 Å². The lowest BCUT2D eigenvalue weighted by molar-refractivity contribution is 0.107. The first-order valence-electron chi connectivity index (χ1n) is 14.2. The van der Waals surface area contributed by atoms with Crippen molar-refractivity contribution >= 4 is 39.1 Å². The van der Waals surface area contributed by atoms with Crippen molar-refractivity contribution in [3.05, 3.63) is 40.9 Å². The lowest BCUT2D eigenvalue weighted by Gasteiger charge is -2.30. The van der Waals surface area contributed by atoms with Gasteiger partial charge in [-0.3, -0.25) is 4.90 Å². The second kappa shape index (κ2) is 11.5. The topological polar surface area (TPSA) is 113 Å². The fourth-order valence-electron chi connectivity index (χ4n) is 6.16. The Hall–Kier alpha value is -3.61. The Balaban J connectivity index is 1.54. The Morgan fingerprint density at radius 1 is 1.19 bits per heavy atom. The van der Waals surface area contributed by atoms with Crippen LogP contribution in [0.15, 0.2) is 24.3 Å². The molecule has 2 aliphatic heterocycles. The number of anilines is 1. The summed E-state index contributed by atoms with van der Waals surface area (Å²) in [6.45, 7) is 4.63. The van der Waals surface area contributed by atoms with Crippen LogP contribution >= 0.6 is 11.6 Å². The highest BCUT2D eigenvalue weighted by Gasteiger charge is 2.49. The number of fused-ring (bicyclic) bond motifs is 3. The summed E-state index contributed by atoms with van der Waals surface area (Å²) < 4.78 is 57.3. The Morgan fingerprint density at radius 3 is 2.77 bits per heavy atom. The van der Waals surface area contributed by atoms with Gasteiger partial charge in [-0.2, -0.15) is 9.97 Å². The van der Waals surface area contributed by atoms with Crippen LogP contribution < -0.4 is 14.8 Å². The van der Waals surface area contributed by atoms with Gasteiger partial charge in [-0.05, 0) is 68.3 Å². The van der Waals surface area contributed by atoms with E-state index in [0.717, 1.165) is 25.5 Å². The summed E-state index contributed by atoms with van der Waals surface area (Å²) in [7, 11) is 0. The number of nitrogens with one attached hydrogen (secondary N) is 1. The molecule has 2 aromatic carbocycles. The molecule has 3 N–H and O–H groups in total.